The van der Waals surface area contributed by atoms with Gasteiger partial charge in [-0.2, -0.15) is 0 Å². The number of carbonyl (C=O) groups excluding carboxylic acids is 2. The predicted octanol–water partition coefficient (Wildman–Crippen LogP) is 1.60. The maximum absolute atomic E-state index is 12.5. The molecule has 4 atom stereocenters. The number of hydrogen-bond acceptors (Lipinski definition) is 3. The molecule has 0 spiro atoms. The highest BCUT2D eigenvalue weighted by Crippen LogP contribution is 2.36. The van der Waals surface area contributed by atoms with E-state index in [1.54, 1.807) is 19.0 Å². The van der Waals surface area contributed by atoms with Crippen molar-refractivity contribution in [1.29, 1.82) is 0 Å². The van der Waals surface area contributed by atoms with Crippen LogP contribution in [0.4, 0.5) is 4.79 Å². The third-order valence-electron chi connectivity index (χ3n) is 5.58. The highest BCUT2D eigenvalue weighted by atomic mass is 16.5. The van der Waals surface area contributed by atoms with Gasteiger partial charge in [-0.05, 0) is 38.0 Å². The molecule has 1 N–H and O–H groups in total. The van der Waals surface area contributed by atoms with Crippen LogP contribution in [0.2, 0.25) is 0 Å². The Bertz CT molecular complexity index is 454. The van der Waals surface area contributed by atoms with Gasteiger partial charge in [-0.1, -0.05) is 12.8 Å². The largest absolute Gasteiger partial charge is 0.363 e. The standard InChI is InChI=1S/C17H29N3O3/c1-19(2)16(21)15-8-7-13(23-15)11-18-17(22)20-10-9-12-5-3-4-6-14(12)20/h12-15H,3-11H2,1-2H3,(H,18,22)/t12-,13-,14-,15-/m1/s1. The van der Waals surface area contributed by atoms with Crippen LogP contribution in [0, 0.1) is 5.92 Å². The van der Waals surface area contributed by atoms with Crippen LogP contribution in [0.3, 0.4) is 0 Å². The molecule has 0 bridgehead atoms. The Balaban J connectivity index is 1.44. The molecule has 3 fully saturated rings. The normalized spacial score (nSPS) is 33.4. The molecule has 3 aliphatic rings. The van der Waals surface area contributed by atoms with Crippen molar-refractivity contribution in [3.63, 3.8) is 0 Å². The quantitative estimate of drug-likeness (QED) is 0.858. The number of amides is 3. The predicted molar refractivity (Wildman–Crippen MR) is 87.1 cm³/mol. The molecule has 2 saturated heterocycles. The first kappa shape index (κ1) is 16.6. The minimum atomic E-state index is -0.346. The highest BCUT2D eigenvalue weighted by molar-refractivity contribution is 5.80. The second-order valence-corrected chi connectivity index (χ2v) is 7.34. The number of urea groups is 1. The van der Waals surface area contributed by atoms with Crippen LogP contribution in [0.1, 0.15) is 44.9 Å². The SMILES string of the molecule is CN(C)C(=O)[C@H]1CC[C@H](CNC(=O)N2CC[C@H]3CCCC[C@H]32)O1. The number of nitrogens with zero attached hydrogens (tertiary/aromatic N) is 2. The summed E-state index contributed by atoms with van der Waals surface area (Å²) in [6.45, 7) is 1.39. The summed E-state index contributed by atoms with van der Waals surface area (Å²) in [5.41, 5.74) is 0. The maximum atomic E-state index is 12.5. The second kappa shape index (κ2) is 7.07. The smallest absolute Gasteiger partial charge is 0.317 e. The molecule has 3 amide bonds. The first-order valence-corrected chi connectivity index (χ1v) is 8.97. The Morgan fingerprint density at radius 2 is 1.91 bits per heavy atom. The van der Waals surface area contributed by atoms with Crippen LogP contribution < -0.4 is 5.32 Å². The molecule has 0 aromatic carbocycles. The van der Waals surface area contributed by atoms with E-state index in [1.807, 2.05) is 4.90 Å². The average Bonchev–Trinajstić information content (AvgIpc) is 3.18. The Kier molecular flexibility index (Phi) is 5.09. The van der Waals surface area contributed by atoms with Gasteiger partial charge >= 0.3 is 6.03 Å². The third kappa shape index (κ3) is 3.62. The lowest BCUT2D eigenvalue weighted by Crippen LogP contribution is -2.47. The van der Waals surface area contributed by atoms with Crippen molar-refractivity contribution in [1.82, 2.24) is 15.1 Å². The van der Waals surface area contributed by atoms with Crippen molar-refractivity contribution in [3.8, 4) is 0 Å². The topological polar surface area (TPSA) is 61.9 Å². The molecule has 0 aromatic rings. The lowest BCUT2D eigenvalue weighted by Gasteiger charge is -2.31. The molecule has 2 heterocycles. The summed E-state index contributed by atoms with van der Waals surface area (Å²) >= 11 is 0. The third-order valence-corrected chi connectivity index (χ3v) is 5.58. The summed E-state index contributed by atoms with van der Waals surface area (Å²) in [4.78, 5) is 28.0. The Labute approximate surface area is 138 Å². The van der Waals surface area contributed by atoms with E-state index >= 15 is 0 Å². The Morgan fingerprint density at radius 1 is 1.13 bits per heavy atom. The second-order valence-electron chi connectivity index (χ2n) is 7.34. The molecule has 1 aliphatic carbocycles. The van der Waals surface area contributed by atoms with Gasteiger partial charge in [0.2, 0.25) is 0 Å². The van der Waals surface area contributed by atoms with Gasteiger partial charge in [0.1, 0.15) is 6.10 Å². The Morgan fingerprint density at radius 3 is 2.70 bits per heavy atom. The summed E-state index contributed by atoms with van der Waals surface area (Å²) in [7, 11) is 3.49. The van der Waals surface area contributed by atoms with E-state index in [4.69, 9.17) is 4.74 Å². The molecule has 3 rings (SSSR count). The zero-order valence-corrected chi connectivity index (χ0v) is 14.3. The molecule has 6 heteroatoms. The number of fused-ring (bicyclic) bond motifs is 1. The van der Waals surface area contributed by atoms with Crippen molar-refractivity contribution in [2.75, 3.05) is 27.2 Å². The van der Waals surface area contributed by atoms with Gasteiger partial charge in [-0.15, -0.1) is 0 Å². The average molecular weight is 323 g/mol. The molecule has 0 radical (unpaired) electrons. The van der Waals surface area contributed by atoms with Gasteiger partial charge in [0, 0.05) is 33.2 Å². The van der Waals surface area contributed by atoms with Gasteiger partial charge < -0.3 is 19.9 Å². The van der Waals surface area contributed by atoms with Crippen molar-refractivity contribution in [2.24, 2.45) is 5.92 Å². The highest BCUT2D eigenvalue weighted by Gasteiger charge is 2.38. The first-order valence-electron chi connectivity index (χ1n) is 8.97. The van der Waals surface area contributed by atoms with Gasteiger partial charge in [-0.3, -0.25) is 4.79 Å². The van der Waals surface area contributed by atoms with Crippen molar-refractivity contribution >= 4 is 11.9 Å². The molecule has 0 unspecified atom stereocenters. The zero-order chi connectivity index (χ0) is 16.4. The van der Waals surface area contributed by atoms with E-state index in [9.17, 15) is 9.59 Å². The zero-order valence-electron chi connectivity index (χ0n) is 14.3. The number of carbonyl (C=O) groups is 2. The minimum Gasteiger partial charge on any atom is -0.363 e. The van der Waals surface area contributed by atoms with Crippen molar-refractivity contribution in [3.05, 3.63) is 0 Å². The van der Waals surface area contributed by atoms with Crippen LogP contribution in [0.25, 0.3) is 0 Å². The van der Waals surface area contributed by atoms with Crippen LogP contribution in [0.15, 0.2) is 0 Å². The number of hydrogen-bond donors (Lipinski definition) is 1. The van der Waals surface area contributed by atoms with Gasteiger partial charge in [0.15, 0.2) is 0 Å². The van der Waals surface area contributed by atoms with Crippen LogP contribution in [0.5, 0.6) is 0 Å². The summed E-state index contributed by atoms with van der Waals surface area (Å²) in [5.74, 6) is 0.725. The van der Waals surface area contributed by atoms with E-state index in [-0.39, 0.29) is 24.1 Å². The number of rotatable bonds is 3. The lowest BCUT2D eigenvalue weighted by atomic mass is 9.85. The fourth-order valence-electron chi connectivity index (χ4n) is 4.29. The molecule has 130 valence electrons. The van der Waals surface area contributed by atoms with Crippen LogP contribution in [-0.2, 0) is 9.53 Å². The van der Waals surface area contributed by atoms with Crippen LogP contribution >= 0.6 is 0 Å². The number of nitrogens with one attached hydrogen (secondary N) is 1. The van der Waals surface area contributed by atoms with Crippen molar-refractivity contribution < 1.29 is 14.3 Å². The molecular formula is C17H29N3O3. The lowest BCUT2D eigenvalue weighted by molar-refractivity contribution is -0.140. The number of ether oxygens (including phenoxy) is 1. The maximum Gasteiger partial charge on any atom is 0.317 e. The fourth-order valence-corrected chi connectivity index (χ4v) is 4.29. The van der Waals surface area contributed by atoms with Crippen molar-refractivity contribution in [2.45, 2.75) is 63.2 Å². The van der Waals surface area contributed by atoms with Gasteiger partial charge in [0.25, 0.3) is 5.91 Å². The number of likely N-dealkylation sites (tertiary alicyclic amines) is 1. The summed E-state index contributed by atoms with van der Waals surface area (Å²) in [6.07, 6.45) is 7.31. The minimum absolute atomic E-state index is 0.0171. The van der Waals surface area contributed by atoms with Gasteiger partial charge in [-0.25, -0.2) is 4.79 Å². The van der Waals surface area contributed by atoms with E-state index in [2.05, 4.69) is 5.32 Å². The number of likely N-dealkylation sites (N-methyl/N-ethyl adjacent to an activating group) is 1. The fraction of sp³-hybridized carbons (Fsp3) is 0.882. The molecule has 0 aromatic heterocycles. The van der Waals surface area contributed by atoms with E-state index in [0.29, 0.717) is 18.5 Å². The first-order chi connectivity index (χ1) is 11.1. The molecular weight excluding hydrogens is 294 g/mol. The van der Waals surface area contributed by atoms with E-state index in [1.165, 1.54) is 19.3 Å². The molecule has 2 aliphatic heterocycles. The van der Waals surface area contributed by atoms with E-state index in [0.717, 1.165) is 32.2 Å². The summed E-state index contributed by atoms with van der Waals surface area (Å²) < 4.78 is 5.78. The Hall–Kier alpha value is -1.30. The van der Waals surface area contributed by atoms with Crippen LogP contribution in [-0.4, -0.2) is 67.2 Å². The van der Waals surface area contributed by atoms with Gasteiger partial charge in [0.05, 0.1) is 6.10 Å². The summed E-state index contributed by atoms with van der Waals surface area (Å²) in [6, 6.07) is 0.488. The van der Waals surface area contributed by atoms with E-state index < -0.39 is 0 Å². The summed E-state index contributed by atoms with van der Waals surface area (Å²) in [5, 5.41) is 3.03. The molecule has 23 heavy (non-hydrogen) atoms. The monoisotopic (exact) mass is 323 g/mol. The molecule has 6 nitrogen and oxygen atoms in total. The molecule has 1 saturated carbocycles.